The Balaban J connectivity index is 1.26. The second-order valence-corrected chi connectivity index (χ2v) is 7.94. The number of nitrogens with zero attached hydrogens (tertiary/aromatic N) is 1. The Morgan fingerprint density at radius 3 is 2.71 bits per heavy atom. The molecule has 5 rings (SSSR count). The number of esters is 1. The van der Waals surface area contributed by atoms with Gasteiger partial charge in [0.1, 0.15) is 11.3 Å². The van der Waals surface area contributed by atoms with Gasteiger partial charge in [-0.15, -0.1) is 0 Å². The molecule has 2 aromatic heterocycles. The molecule has 1 N–H and O–H groups in total. The van der Waals surface area contributed by atoms with E-state index in [1.54, 1.807) is 6.07 Å². The highest BCUT2D eigenvalue weighted by molar-refractivity contribution is 6.04. The van der Waals surface area contributed by atoms with Gasteiger partial charge in [-0.2, -0.15) is 0 Å². The van der Waals surface area contributed by atoms with Crippen LogP contribution in [0.2, 0.25) is 0 Å². The van der Waals surface area contributed by atoms with Gasteiger partial charge < -0.3 is 14.5 Å². The van der Waals surface area contributed by atoms with Crippen LogP contribution in [-0.4, -0.2) is 23.5 Å². The lowest BCUT2D eigenvalue weighted by Crippen LogP contribution is -2.31. The third-order valence-electron chi connectivity index (χ3n) is 5.53. The fraction of sp³-hybridized carbons (Fsp3) is 0.240. The predicted molar refractivity (Wildman–Crippen MR) is 117 cm³/mol. The van der Waals surface area contributed by atoms with E-state index in [1.807, 2.05) is 61.5 Å². The van der Waals surface area contributed by atoms with E-state index in [0.29, 0.717) is 17.2 Å². The monoisotopic (exact) mass is 414 g/mol. The Bertz CT molecular complexity index is 1260. The van der Waals surface area contributed by atoms with Crippen LogP contribution in [0.4, 0.5) is 0 Å². The van der Waals surface area contributed by atoms with Crippen molar-refractivity contribution < 1.29 is 18.7 Å². The van der Waals surface area contributed by atoms with E-state index in [0.717, 1.165) is 40.4 Å². The van der Waals surface area contributed by atoms with E-state index in [-0.39, 0.29) is 18.6 Å². The molecular formula is C25H22N2O4. The van der Waals surface area contributed by atoms with Crippen molar-refractivity contribution >= 4 is 33.7 Å². The summed E-state index contributed by atoms with van der Waals surface area (Å²) in [6, 6.07) is 18.5. The van der Waals surface area contributed by atoms with Gasteiger partial charge in [0.2, 0.25) is 0 Å². The van der Waals surface area contributed by atoms with E-state index >= 15 is 0 Å². The van der Waals surface area contributed by atoms with Crippen LogP contribution in [0.3, 0.4) is 0 Å². The van der Waals surface area contributed by atoms with Gasteiger partial charge in [0.25, 0.3) is 5.91 Å². The number of carbonyl (C=O) groups is 2. The maximum atomic E-state index is 12.8. The standard InChI is InChI=1S/C25H22N2O4/c1-15(23-12-17-6-2-5-9-22(17)31-23)26-24(28)14-30-25(29)19-13-21(16-10-11-16)27-20-8-4-3-7-18(19)20/h2-9,12-13,15-16H,10-11,14H2,1H3,(H,26,28)/t15-/m1/s1. The van der Waals surface area contributed by atoms with Gasteiger partial charge >= 0.3 is 5.97 Å². The van der Waals surface area contributed by atoms with E-state index < -0.39 is 5.97 Å². The molecule has 156 valence electrons. The minimum Gasteiger partial charge on any atom is -0.459 e. The highest BCUT2D eigenvalue weighted by Crippen LogP contribution is 2.40. The van der Waals surface area contributed by atoms with Gasteiger partial charge in [-0.1, -0.05) is 36.4 Å². The molecular weight excluding hydrogens is 392 g/mol. The minimum atomic E-state index is -0.521. The Morgan fingerprint density at radius 2 is 1.90 bits per heavy atom. The molecule has 0 saturated heterocycles. The Kier molecular flexibility index (Phi) is 4.90. The Morgan fingerprint density at radius 1 is 1.13 bits per heavy atom. The molecule has 6 nitrogen and oxygen atoms in total. The zero-order chi connectivity index (χ0) is 21.4. The fourth-order valence-electron chi connectivity index (χ4n) is 3.73. The Labute approximate surface area is 179 Å². The molecule has 2 heterocycles. The summed E-state index contributed by atoms with van der Waals surface area (Å²) < 4.78 is 11.1. The van der Waals surface area contributed by atoms with Crippen molar-refractivity contribution in [2.45, 2.75) is 31.7 Å². The molecule has 4 aromatic rings. The average Bonchev–Trinajstić information content (AvgIpc) is 3.54. The number of furan rings is 1. The third-order valence-corrected chi connectivity index (χ3v) is 5.53. The number of ether oxygens (including phenoxy) is 1. The first-order valence-corrected chi connectivity index (χ1v) is 10.4. The summed E-state index contributed by atoms with van der Waals surface area (Å²) in [5.41, 5.74) is 2.89. The third kappa shape index (κ3) is 4.01. The largest absolute Gasteiger partial charge is 0.459 e. The fourth-order valence-corrected chi connectivity index (χ4v) is 3.73. The molecule has 1 saturated carbocycles. The lowest BCUT2D eigenvalue weighted by Gasteiger charge is -2.12. The SMILES string of the molecule is C[C@@H](NC(=O)COC(=O)c1cc(C2CC2)nc2ccccc12)c1cc2ccccc2o1. The molecule has 1 aliphatic carbocycles. The number of carbonyl (C=O) groups excluding carboxylic acids is 2. The molecule has 0 unspecified atom stereocenters. The van der Waals surface area contributed by atoms with Crippen LogP contribution in [0.5, 0.6) is 0 Å². The number of hydrogen-bond donors (Lipinski definition) is 1. The molecule has 1 atom stereocenters. The number of rotatable bonds is 6. The second kappa shape index (κ2) is 7.87. The summed E-state index contributed by atoms with van der Waals surface area (Å²) in [6.45, 7) is 1.47. The van der Waals surface area contributed by atoms with Crippen LogP contribution < -0.4 is 5.32 Å². The van der Waals surface area contributed by atoms with Gasteiger partial charge in [-0.3, -0.25) is 9.78 Å². The summed E-state index contributed by atoms with van der Waals surface area (Å²) in [5.74, 6) is 0.147. The van der Waals surface area contributed by atoms with Crippen molar-refractivity contribution in [1.82, 2.24) is 10.3 Å². The number of para-hydroxylation sites is 2. The maximum absolute atomic E-state index is 12.8. The maximum Gasteiger partial charge on any atom is 0.339 e. The molecule has 0 aliphatic heterocycles. The quantitative estimate of drug-likeness (QED) is 0.454. The van der Waals surface area contributed by atoms with Crippen LogP contribution >= 0.6 is 0 Å². The molecule has 1 amide bonds. The smallest absolute Gasteiger partial charge is 0.339 e. The van der Waals surface area contributed by atoms with E-state index in [9.17, 15) is 9.59 Å². The van der Waals surface area contributed by atoms with Crippen molar-refractivity contribution in [2.24, 2.45) is 0 Å². The highest BCUT2D eigenvalue weighted by atomic mass is 16.5. The van der Waals surface area contributed by atoms with Crippen LogP contribution in [0, 0.1) is 0 Å². The van der Waals surface area contributed by atoms with Gasteiger partial charge in [0.05, 0.1) is 17.1 Å². The predicted octanol–water partition coefficient (Wildman–Crippen LogP) is 4.89. The van der Waals surface area contributed by atoms with Gasteiger partial charge in [0, 0.05) is 22.4 Å². The van der Waals surface area contributed by atoms with Crippen LogP contribution in [0.25, 0.3) is 21.9 Å². The van der Waals surface area contributed by atoms with Crippen molar-refractivity contribution in [1.29, 1.82) is 0 Å². The number of amides is 1. The molecule has 0 radical (unpaired) electrons. The average molecular weight is 414 g/mol. The number of pyridine rings is 1. The van der Waals surface area contributed by atoms with Crippen LogP contribution in [0.1, 0.15) is 53.5 Å². The van der Waals surface area contributed by atoms with Crippen LogP contribution in [-0.2, 0) is 9.53 Å². The molecule has 0 spiro atoms. The summed E-state index contributed by atoms with van der Waals surface area (Å²) in [6.07, 6.45) is 2.17. The van der Waals surface area contributed by atoms with Crippen molar-refractivity contribution in [2.75, 3.05) is 6.61 Å². The summed E-state index contributed by atoms with van der Waals surface area (Å²) in [5, 5.41) is 4.52. The van der Waals surface area contributed by atoms with Gasteiger partial charge in [-0.25, -0.2) is 4.79 Å². The summed E-state index contributed by atoms with van der Waals surface area (Å²) >= 11 is 0. The molecule has 6 heteroatoms. The van der Waals surface area contributed by atoms with Crippen LogP contribution in [0.15, 0.2) is 65.1 Å². The van der Waals surface area contributed by atoms with E-state index in [2.05, 4.69) is 10.3 Å². The number of hydrogen-bond acceptors (Lipinski definition) is 5. The van der Waals surface area contributed by atoms with Crippen molar-refractivity contribution in [3.63, 3.8) is 0 Å². The first-order valence-electron chi connectivity index (χ1n) is 10.4. The minimum absolute atomic E-state index is 0.346. The number of benzene rings is 2. The number of fused-ring (bicyclic) bond motifs is 2. The van der Waals surface area contributed by atoms with Gasteiger partial charge in [0.15, 0.2) is 6.61 Å². The van der Waals surface area contributed by atoms with Gasteiger partial charge in [-0.05, 0) is 44.0 Å². The van der Waals surface area contributed by atoms with E-state index in [4.69, 9.17) is 9.15 Å². The second-order valence-electron chi connectivity index (χ2n) is 7.94. The zero-order valence-corrected chi connectivity index (χ0v) is 17.1. The first kappa shape index (κ1) is 19.3. The van der Waals surface area contributed by atoms with E-state index in [1.165, 1.54) is 0 Å². The summed E-state index contributed by atoms with van der Waals surface area (Å²) in [7, 11) is 0. The number of nitrogens with one attached hydrogen (secondary N) is 1. The molecule has 1 aliphatic rings. The lowest BCUT2D eigenvalue weighted by molar-refractivity contribution is -0.125. The Hall–Kier alpha value is -3.67. The normalized spacial score (nSPS) is 14.5. The highest BCUT2D eigenvalue weighted by Gasteiger charge is 2.27. The molecule has 31 heavy (non-hydrogen) atoms. The molecule has 0 bridgehead atoms. The molecule has 2 aromatic carbocycles. The topological polar surface area (TPSA) is 81.4 Å². The first-order chi connectivity index (χ1) is 15.1. The molecule has 1 fully saturated rings. The van der Waals surface area contributed by atoms with Crippen molar-refractivity contribution in [3.05, 3.63) is 77.7 Å². The zero-order valence-electron chi connectivity index (χ0n) is 17.1. The summed E-state index contributed by atoms with van der Waals surface area (Å²) in [4.78, 5) is 29.8. The lowest BCUT2D eigenvalue weighted by atomic mass is 10.1. The van der Waals surface area contributed by atoms with Crippen molar-refractivity contribution in [3.8, 4) is 0 Å². The number of aromatic nitrogens is 1.